The zero-order chi connectivity index (χ0) is 20.5. The zero-order valence-electron chi connectivity index (χ0n) is 16.6. The number of aryl methyl sites for hydroxylation is 1. The smallest absolute Gasteiger partial charge is 0.411 e. The molecule has 0 aromatic heterocycles. The Labute approximate surface area is 164 Å². The van der Waals surface area contributed by atoms with Gasteiger partial charge in [0.05, 0.1) is 12.2 Å². The first kappa shape index (κ1) is 19.9. The van der Waals surface area contributed by atoms with Crippen molar-refractivity contribution in [3.05, 3.63) is 65.0 Å². The molecule has 1 unspecified atom stereocenters. The normalized spacial score (nSPS) is 16.3. The highest BCUT2D eigenvalue weighted by Crippen LogP contribution is 2.26. The Morgan fingerprint density at radius 3 is 2.46 bits per heavy atom. The largest absolute Gasteiger partial charge is 0.444 e. The minimum Gasteiger partial charge on any atom is -0.444 e. The molecular formula is C22H25FN2O3. The molecule has 0 saturated heterocycles. The van der Waals surface area contributed by atoms with Crippen molar-refractivity contribution in [2.75, 3.05) is 5.32 Å². The van der Waals surface area contributed by atoms with Crippen LogP contribution in [0.3, 0.4) is 0 Å². The SMILES string of the molecule is Cc1ccc(NC(=O)C2Cc3ccccc3CN2C(=O)OC(C)(C)C)c(F)c1. The second-order valence-electron chi connectivity index (χ2n) is 8.07. The van der Waals surface area contributed by atoms with Crippen molar-refractivity contribution in [3.63, 3.8) is 0 Å². The second kappa shape index (κ2) is 7.62. The number of amides is 2. The Hall–Kier alpha value is -2.89. The van der Waals surface area contributed by atoms with Gasteiger partial charge in [0.25, 0.3) is 0 Å². The summed E-state index contributed by atoms with van der Waals surface area (Å²) >= 11 is 0. The summed E-state index contributed by atoms with van der Waals surface area (Å²) in [7, 11) is 0. The molecule has 3 rings (SSSR count). The summed E-state index contributed by atoms with van der Waals surface area (Å²) in [6, 6.07) is 11.5. The monoisotopic (exact) mass is 384 g/mol. The van der Waals surface area contributed by atoms with E-state index in [4.69, 9.17) is 4.74 Å². The molecule has 0 fully saturated rings. The molecule has 0 radical (unpaired) electrons. The third-order valence-electron chi connectivity index (χ3n) is 4.56. The first-order chi connectivity index (χ1) is 13.1. The number of rotatable bonds is 2. The van der Waals surface area contributed by atoms with Crippen molar-refractivity contribution in [2.24, 2.45) is 0 Å². The van der Waals surface area contributed by atoms with Gasteiger partial charge >= 0.3 is 6.09 Å². The molecule has 28 heavy (non-hydrogen) atoms. The van der Waals surface area contributed by atoms with Crippen molar-refractivity contribution >= 4 is 17.7 Å². The maximum absolute atomic E-state index is 14.2. The first-order valence-corrected chi connectivity index (χ1v) is 9.27. The number of fused-ring (bicyclic) bond motifs is 1. The molecule has 0 spiro atoms. The van der Waals surface area contributed by atoms with Crippen molar-refractivity contribution in [1.29, 1.82) is 0 Å². The van der Waals surface area contributed by atoms with Crippen molar-refractivity contribution in [3.8, 4) is 0 Å². The van der Waals surface area contributed by atoms with Crippen LogP contribution in [0.5, 0.6) is 0 Å². The molecule has 148 valence electrons. The molecular weight excluding hydrogens is 359 g/mol. The quantitative estimate of drug-likeness (QED) is 0.833. The van der Waals surface area contributed by atoms with E-state index >= 15 is 0 Å². The zero-order valence-corrected chi connectivity index (χ0v) is 16.6. The van der Waals surface area contributed by atoms with Gasteiger partial charge in [-0.05, 0) is 56.5 Å². The Morgan fingerprint density at radius 2 is 1.82 bits per heavy atom. The number of halogens is 1. The van der Waals surface area contributed by atoms with Crippen LogP contribution in [0.4, 0.5) is 14.9 Å². The summed E-state index contributed by atoms with van der Waals surface area (Å²) < 4.78 is 19.7. The standard InChI is InChI=1S/C22H25FN2O3/c1-14-9-10-18(17(23)11-14)24-20(26)19-12-15-7-5-6-8-16(15)13-25(19)21(27)28-22(2,3)4/h5-11,19H,12-13H2,1-4H3,(H,24,26). The number of carbonyl (C=O) groups excluding carboxylic acids is 2. The third-order valence-corrected chi connectivity index (χ3v) is 4.56. The van der Waals surface area contributed by atoms with E-state index < -0.39 is 29.5 Å². The van der Waals surface area contributed by atoms with Crippen LogP contribution in [0, 0.1) is 12.7 Å². The van der Waals surface area contributed by atoms with Gasteiger partial charge in [-0.25, -0.2) is 9.18 Å². The third kappa shape index (κ3) is 4.50. The van der Waals surface area contributed by atoms with E-state index in [1.807, 2.05) is 24.3 Å². The van der Waals surface area contributed by atoms with Gasteiger partial charge in [0.2, 0.25) is 5.91 Å². The fourth-order valence-corrected chi connectivity index (χ4v) is 3.21. The van der Waals surface area contributed by atoms with E-state index in [1.165, 1.54) is 17.0 Å². The molecule has 1 aliphatic heterocycles. The number of nitrogens with zero attached hydrogens (tertiary/aromatic N) is 1. The Morgan fingerprint density at radius 1 is 1.14 bits per heavy atom. The summed E-state index contributed by atoms with van der Waals surface area (Å²) in [6.45, 7) is 7.37. The van der Waals surface area contributed by atoms with E-state index in [9.17, 15) is 14.0 Å². The summed E-state index contributed by atoms with van der Waals surface area (Å²) in [5.41, 5.74) is 2.14. The van der Waals surface area contributed by atoms with Crippen LogP contribution >= 0.6 is 0 Å². The highest BCUT2D eigenvalue weighted by Gasteiger charge is 2.37. The lowest BCUT2D eigenvalue weighted by atomic mass is 9.93. The molecule has 1 N–H and O–H groups in total. The molecule has 1 aliphatic rings. The number of nitrogens with one attached hydrogen (secondary N) is 1. The predicted octanol–water partition coefficient (Wildman–Crippen LogP) is 4.43. The van der Waals surface area contributed by atoms with Crippen molar-refractivity contribution in [2.45, 2.75) is 52.3 Å². The summed E-state index contributed by atoms with van der Waals surface area (Å²) in [6.07, 6.45) is -0.221. The maximum Gasteiger partial charge on any atom is 0.411 e. The van der Waals surface area contributed by atoms with E-state index in [1.54, 1.807) is 33.8 Å². The summed E-state index contributed by atoms with van der Waals surface area (Å²) in [5, 5.41) is 2.62. The molecule has 0 bridgehead atoms. The van der Waals surface area contributed by atoms with E-state index in [2.05, 4.69) is 5.32 Å². The van der Waals surface area contributed by atoms with Crippen LogP contribution in [0.25, 0.3) is 0 Å². The van der Waals surface area contributed by atoms with Gasteiger partial charge in [-0.15, -0.1) is 0 Å². The molecule has 0 saturated carbocycles. The number of hydrogen-bond acceptors (Lipinski definition) is 3. The molecule has 0 aliphatic carbocycles. The van der Waals surface area contributed by atoms with Crippen LogP contribution in [0.2, 0.25) is 0 Å². The van der Waals surface area contributed by atoms with Gasteiger partial charge in [0.15, 0.2) is 0 Å². The fourth-order valence-electron chi connectivity index (χ4n) is 3.21. The molecule has 6 heteroatoms. The van der Waals surface area contributed by atoms with Gasteiger partial charge in [-0.1, -0.05) is 30.3 Å². The van der Waals surface area contributed by atoms with Crippen LogP contribution < -0.4 is 5.32 Å². The number of benzene rings is 2. The molecule has 1 atom stereocenters. The lowest BCUT2D eigenvalue weighted by molar-refractivity contribution is -0.121. The van der Waals surface area contributed by atoms with E-state index in [0.29, 0.717) is 6.42 Å². The molecule has 2 amide bonds. The highest BCUT2D eigenvalue weighted by atomic mass is 19.1. The Kier molecular flexibility index (Phi) is 5.40. The number of anilines is 1. The lowest BCUT2D eigenvalue weighted by Crippen LogP contribution is -2.52. The van der Waals surface area contributed by atoms with Gasteiger partial charge < -0.3 is 10.1 Å². The lowest BCUT2D eigenvalue weighted by Gasteiger charge is -2.36. The summed E-state index contributed by atoms with van der Waals surface area (Å²) in [5.74, 6) is -0.948. The minimum atomic E-state index is -0.787. The topological polar surface area (TPSA) is 58.6 Å². The van der Waals surface area contributed by atoms with Crippen LogP contribution in [-0.2, 0) is 22.5 Å². The average Bonchev–Trinajstić information content (AvgIpc) is 2.61. The van der Waals surface area contributed by atoms with Crippen LogP contribution in [-0.4, -0.2) is 28.5 Å². The van der Waals surface area contributed by atoms with Gasteiger partial charge in [-0.2, -0.15) is 0 Å². The van der Waals surface area contributed by atoms with Gasteiger partial charge in [0, 0.05) is 6.42 Å². The Bertz CT molecular complexity index is 905. The van der Waals surface area contributed by atoms with Crippen molar-refractivity contribution < 1.29 is 18.7 Å². The van der Waals surface area contributed by atoms with E-state index in [-0.39, 0.29) is 12.2 Å². The van der Waals surface area contributed by atoms with Crippen LogP contribution in [0.1, 0.15) is 37.5 Å². The van der Waals surface area contributed by atoms with Crippen molar-refractivity contribution in [1.82, 2.24) is 4.90 Å². The first-order valence-electron chi connectivity index (χ1n) is 9.27. The molecule has 5 nitrogen and oxygen atoms in total. The molecule has 2 aromatic rings. The Balaban J connectivity index is 1.88. The predicted molar refractivity (Wildman–Crippen MR) is 105 cm³/mol. The molecule has 2 aromatic carbocycles. The number of hydrogen-bond donors (Lipinski definition) is 1. The second-order valence-corrected chi connectivity index (χ2v) is 8.07. The number of ether oxygens (including phenoxy) is 1. The summed E-state index contributed by atoms with van der Waals surface area (Å²) in [4.78, 5) is 27.1. The number of carbonyl (C=O) groups is 2. The highest BCUT2D eigenvalue weighted by molar-refractivity contribution is 5.97. The minimum absolute atomic E-state index is 0.0959. The maximum atomic E-state index is 14.2. The van der Waals surface area contributed by atoms with Crippen LogP contribution in [0.15, 0.2) is 42.5 Å². The van der Waals surface area contributed by atoms with Gasteiger partial charge in [-0.3, -0.25) is 9.69 Å². The van der Waals surface area contributed by atoms with Gasteiger partial charge in [0.1, 0.15) is 17.5 Å². The van der Waals surface area contributed by atoms with E-state index in [0.717, 1.165) is 16.7 Å². The molecule has 1 heterocycles. The fraction of sp³-hybridized carbons (Fsp3) is 0.364. The average molecular weight is 384 g/mol.